The van der Waals surface area contributed by atoms with Crippen molar-refractivity contribution < 1.29 is 4.39 Å². The van der Waals surface area contributed by atoms with E-state index in [1.165, 1.54) is 6.07 Å². The van der Waals surface area contributed by atoms with Gasteiger partial charge in [0.15, 0.2) is 5.96 Å². The van der Waals surface area contributed by atoms with Crippen molar-refractivity contribution in [2.75, 3.05) is 6.54 Å². The second-order valence-electron chi connectivity index (χ2n) is 3.51. The van der Waals surface area contributed by atoms with Crippen LogP contribution in [0.25, 0.3) is 0 Å². The number of halogens is 2. The molecule has 0 unspecified atom stereocenters. The van der Waals surface area contributed by atoms with Crippen LogP contribution in [-0.4, -0.2) is 12.5 Å². The first-order chi connectivity index (χ1) is 7.59. The van der Waals surface area contributed by atoms with Gasteiger partial charge in [0.25, 0.3) is 0 Å². The number of hydrogen-bond acceptors (Lipinski definition) is 1. The Morgan fingerprint density at radius 3 is 2.69 bits per heavy atom. The van der Waals surface area contributed by atoms with Crippen LogP contribution in [0.3, 0.4) is 0 Å². The number of aliphatic imine (C=N–C) groups is 1. The van der Waals surface area contributed by atoms with Gasteiger partial charge in [0.1, 0.15) is 5.82 Å². The molecular formula is C11H15ClFN3. The molecule has 0 radical (unpaired) electrons. The summed E-state index contributed by atoms with van der Waals surface area (Å²) in [6.45, 7) is 0.622. The number of unbranched alkanes of at least 4 members (excludes halogenated alkanes) is 1. The van der Waals surface area contributed by atoms with Crippen LogP contribution in [0.1, 0.15) is 18.4 Å². The summed E-state index contributed by atoms with van der Waals surface area (Å²) in [5.74, 6) is -0.268. The van der Waals surface area contributed by atoms with E-state index in [-0.39, 0.29) is 16.8 Å². The number of rotatable bonds is 5. The number of hydrogen-bond donors (Lipinski definition) is 2. The van der Waals surface area contributed by atoms with Crippen molar-refractivity contribution in [1.82, 2.24) is 0 Å². The Balaban J connectivity index is 2.32. The highest BCUT2D eigenvalue weighted by Gasteiger charge is 2.00. The van der Waals surface area contributed by atoms with Gasteiger partial charge in [0.05, 0.1) is 5.02 Å². The van der Waals surface area contributed by atoms with Crippen molar-refractivity contribution >= 4 is 17.6 Å². The van der Waals surface area contributed by atoms with Gasteiger partial charge in [-0.2, -0.15) is 0 Å². The normalized spacial score (nSPS) is 10.1. The van der Waals surface area contributed by atoms with Crippen molar-refractivity contribution in [3.8, 4) is 0 Å². The molecule has 0 aliphatic rings. The van der Waals surface area contributed by atoms with Gasteiger partial charge in [-0.15, -0.1) is 0 Å². The number of nitrogens with two attached hydrogens (primary N) is 2. The van der Waals surface area contributed by atoms with Gasteiger partial charge in [-0.1, -0.05) is 17.7 Å². The van der Waals surface area contributed by atoms with Gasteiger partial charge in [0.2, 0.25) is 0 Å². The van der Waals surface area contributed by atoms with Crippen molar-refractivity contribution in [2.45, 2.75) is 19.3 Å². The second kappa shape index (κ2) is 6.33. The zero-order valence-electron chi connectivity index (χ0n) is 8.92. The zero-order chi connectivity index (χ0) is 12.0. The van der Waals surface area contributed by atoms with Crippen molar-refractivity contribution in [2.24, 2.45) is 16.5 Å². The summed E-state index contributed by atoms with van der Waals surface area (Å²) in [5.41, 5.74) is 11.4. The van der Waals surface area contributed by atoms with Gasteiger partial charge in [-0.25, -0.2) is 4.39 Å². The summed E-state index contributed by atoms with van der Waals surface area (Å²) >= 11 is 5.67. The third kappa shape index (κ3) is 4.49. The highest BCUT2D eigenvalue weighted by Crippen LogP contribution is 2.17. The van der Waals surface area contributed by atoms with Crippen molar-refractivity contribution in [3.63, 3.8) is 0 Å². The third-order valence-electron chi connectivity index (χ3n) is 2.15. The lowest BCUT2D eigenvalue weighted by Crippen LogP contribution is -2.22. The number of aryl methyl sites for hydroxylation is 1. The van der Waals surface area contributed by atoms with Gasteiger partial charge in [-0.3, -0.25) is 4.99 Å². The summed E-state index contributed by atoms with van der Waals surface area (Å²) < 4.78 is 12.9. The molecule has 0 aliphatic heterocycles. The molecule has 1 aromatic rings. The fourth-order valence-corrected chi connectivity index (χ4v) is 1.55. The number of guanidine groups is 1. The maximum Gasteiger partial charge on any atom is 0.185 e. The minimum Gasteiger partial charge on any atom is -0.370 e. The molecule has 0 bridgehead atoms. The van der Waals surface area contributed by atoms with E-state index in [0.717, 1.165) is 24.8 Å². The molecule has 4 N–H and O–H groups in total. The lowest BCUT2D eigenvalue weighted by Gasteiger charge is -2.02. The summed E-state index contributed by atoms with van der Waals surface area (Å²) in [6.07, 6.45) is 2.69. The molecular weight excluding hydrogens is 229 g/mol. The summed E-state index contributed by atoms with van der Waals surface area (Å²) in [5, 5.41) is 0.168. The molecule has 0 heterocycles. The quantitative estimate of drug-likeness (QED) is 0.472. The highest BCUT2D eigenvalue weighted by atomic mass is 35.5. The monoisotopic (exact) mass is 243 g/mol. The van der Waals surface area contributed by atoms with Crippen LogP contribution in [0.2, 0.25) is 5.02 Å². The first kappa shape index (κ1) is 12.8. The molecule has 1 aromatic carbocycles. The molecule has 0 fully saturated rings. The largest absolute Gasteiger partial charge is 0.370 e. The smallest absolute Gasteiger partial charge is 0.185 e. The topological polar surface area (TPSA) is 64.4 Å². The fourth-order valence-electron chi connectivity index (χ4n) is 1.34. The summed E-state index contributed by atoms with van der Waals surface area (Å²) in [6, 6.07) is 4.77. The van der Waals surface area contributed by atoms with Crippen LogP contribution in [0, 0.1) is 5.82 Å². The highest BCUT2D eigenvalue weighted by molar-refractivity contribution is 6.30. The average molecular weight is 244 g/mol. The van der Waals surface area contributed by atoms with E-state index in [2.05, 4.69) is 4.99 Å². The Morgan fingerprint density at radius 1 is 1.31 bits per heavy atom. The van der Waals surface area contributed by atoms with E-state index < -0.39 is 0 Å². The van der Waals surface area contributed by atoms with E-state index in [4.69, 9.17) is 23.1 Å². The SMILES string of the molecule is NC(N)=NCCCCc1ccc(F)c(Cl)c1. The Bertz CT molecular complexity index is 375. The van der Waals surface area contributed by atoms with Gasteiger partial charge in [-0.05, 0) is 37.0 Å². The molecule has 0 aliphatic carbocycles. The van der Waals surface area contributed by atoms with Crippen LogP contribution in [-0.2, 0) is 6.42 Å². The van der Waals surface area contributed by atoms with Gasteiger partial charge in [0, 0.05) is 6.54 Å². The Labute approximate surface area is 99.3 Å². The molecule has 16 heavy (non-hydrogen) atoms. The van der Waals surface area contributed by atoms with E-state index in [0.29, 0.717) is 6.54 Å². The summed E-state index contributed by atoms with van der Waals surface area (Å²) in [4.78, 5) is 3.87. The second-order valence-corrected chi connectivity index (χ2v) is 3.92. The van der Waals surface area contributed by atoms with Crippen molar-refractivity contribution in [1.29, 1.82) is 0 Å². The Hall–Kier alpha value is -1.29. The molecule has 0 atom stereocenters. The maximum atomic E-state index is 12.9. The molecule has 3 nitrogen and oxygen atoms in total. The van der Waals surface area contributed by atoms with Gasteiger partial charge < -0.3 is 11.5 Å². The minimum atomic E-state index is -0.383. The standard InChI is InChI=1S/C11H15ClFN3/c12-9-7-8(4-5-10(9)13)3-1-2-6-16-11(14)15/h4-5,7H,1-3,6H2,(H4,14,15,16). The van der Waals surface area contributed by atoms with Gasteiger partial charge >= 0.3 is 0 Å². The molecule has 0 saturated carbocycles. The third-order valence-corrected chi connectivity index (χ3v) is 2.44. The Morgan fingerprint density at radius 2 is 2.06 bits per heavy atom. The minimum absolute atomic E-state index is 0.116. The van der Waals surface area contributed by atoms with Crippen LogP contribution >= 0.6 is 11.6 Å². The van der Waals surface area contributed by atoms with Crippen molar-refractivity contribution in [3.05, 3.63) is 34.6 Å². The van der Waals surface area contributed by atoms with E-state index in [1.54, 1.807) is 12.1 Å². The maximum absolute atomic E-state index is 12.9. The predicted octanol–water partition coefficient (Wildman–Crippen LogP) is 2.08. The lowest BCUT2D eigenvalue weighted by atomic mass is 10.1. The first-order valence-corrected chi connectivity index (χ1v) is 5.46. The summed E-state index contributed by atoms with van der Waals surface area (Å²) in [7, 11) is 0. The molecule has 88 valence electrons. The van der Waals surface area contributed by atoms with Crippen LogP contribution in [0.15, 0.2) is 23.2 Å². The van der Waals surface area contributed by atoms with Crippen LogP contribution < -0.4 is 11.5 Å². The number of benzene rings is 1. The Kier molecular flexibility index (Phi) is 5.05. The van der Waals surface area contributed by atoms with Crippen LogP contribution in [0.5, 0.6) is 0 Å². The molecule has 1 rings (SSSR count). The van der Waals surface area contributed by atoms with Crippen LogP contribution in [0.4, 0.5) is 4.39 Å². The average Bonchev–Trinajstić information content (AvgIpc) is 2.22. The molecule has 0 saturated heterocycles. The first-order valence-electron chi connectivity index (χ1n) is 5.09. The molecule has 0 spiro atoms. The van der Waals surface area contributed by atoms with E-state index in [1.807, 2.05) is 0 Å². The fraction of sp³-hybridized carbons (Fsp3) is 0.364. The van der Waals surface area contributed by atoms with E-state index in [9.17, 15) is 4.39 Å². The molecule has 5 heteroatoms. The number of nitrogens with zero attached hydrogens (tertiary/aromatic N) is 1. The molecule has 0 amide bonds. The predicted molar refractivity (Wildman–Crippen MR) is 65.0 cm³/mol. The van der Waals surface area contributed by atoms with E-state index >= 15 is 0 Å². The molecule has 0 aromatic heterocycles. The zero-order valence-corrected chi connectivity index (χ0v) is 9.67. The lowest BCUT2D eigenvalue weighted by molar-refractivity contribution is 0.626.